The third kappa shape index (κ3) is 14.0. The van der Waals surface area contributed by atoms with Crippen LogP contribution in [0, 0.1) is 24.6 Å². The van der Waals surface area contributed by atoms with Gasteiger partial charge in [0.15, 0.2) is 39.2 Å². The van der Waals surface area contributed by atoms with Crippen LogP contribution in [-0.2, 0) is 33.8 Å². The number of para-hydroxylation sites is 1. The van der Waals surface area contributed by atoms with E-state index in [0.717, 1.165) is 58.5 Å². The first kappa shape index (κ1) is 57.8. The first-order valence-electron chi connectivity index (χ1n) is 26.9. The van der Waals surface area contributed by atoms with Gasteiger partial charge in [-0.05, 0) is 113 Å². The Labute approximate surface area is 478 Å². The fraction of sp³-hybridized carbons (Fsp3) is 0.351. The van der Waals surface area contributed by atoms with Gasteiger partial charge in [-0.25, -0.2) is 19.2 Å². The third-order valence-corrected chi connectivity index (χ3v) is 15.6. The molecule has 0 saturated carbocycles. The number of hydrogen-bond acceptors (Lipinski definition) is 19. The normalized spacial score (nSPS) is 13.9. The van der Waals surface area contributed by atoms with Gasteiger partial charge in [-0.3, -0.25) is 43.7 Å². The highest BCUT2D eigenvalue weighted by Crippen LogP contribution is 2.35. The molecule has 2 aliphatic heterocycles. The van der Waals surface area contributed by atoms with Crippen molar-refractivity contribution in [2.75, 3.05) is 43.5 Å². The highest BCUT2D eigenvalue weighted by Gasteiger charge is 2.46. The Morgan fingerprint density at radius 1 is 0.902 bits per heavy atom. The van der Waals surface area contributed by atoms with Crippen LogP contribution in [0.1, 0.15) is 127 Å². The van der Waals surface area contributed by atoms with Crippen LogP contribution in [0.5, 0.6) is 5.75 Å². The summed E-state index contributed by atoms with van der Waals surface area (Å²) in [5.41, 5.74) is 2.32. The molecule has 1 unspecified atom stereocenters. The first-order valence-corrected chi connectivity index (χ1v) is 28.5. The lowest BCUT2D eigenvalue weighted by Gasteiger charge is -2.27. The van der Waals surface area contributed by atoms with Gasteiger partial charge in [0, 0.05) is 48.3 Å². The molecular weight excluding hydrogens is 1090 g/mol. The molecule has 1 atom stereocenters. The Morgan fingerprint density at radius 3 is 2.50 bits per heavy atom. The number of Topliss-reactive ketones (excluding diaryl/α,β-unsaturated/α-hetero) is 1. The number of imide groups is 2. The van der Waals surface area contributed by atoms with E-state index in [9.17, 15) is 43.1 Å². The maximum Gasteiger partial charge on any atom is 0.355 e. The molecule has 4 aromatic heterocycles. The van der Waals surface area contributed by atoms with Crippen LogP contribution >= 0.6 is 22.7 Å². The van der Waals surface area contributed by atoms with Crippen LogP contribution in [0.15, 0.2) is 72.9 Å². The van der Waals surface area contributed by atoms with Crippen molar-refractivity contribution in [1.82, 2.24) is 56.0 Å². The van der Waals surface area contributed by atoms with Crippen LogP contribution < -0.4 is 30.9 Å². The molecular formula is C57H58FN13O9S2. The SMILES string of the molecule is CNCC#Cc1ccc(OCCCc2sc(N(CCCc3cn(CCCCCCCCNC(=O)C(=O)c4cccc5c4C(=O)N(C4CCC(=O)NC4=O)C5=O)nn3)c3cc(C)c(Nc4nc5ccccc5s4)nn3)nc2C(=O)O)c(F)c1. The van der Waals surface area contributed by atoms with Crippen molar-refractivity contribution in [3.05, 3.63) is 123 Å². The number of rotatable bonds is 27. The van der Waals surface area contributed by atoms with E-state index in [1.54, 1.807) is 13.1 Å². The number of aromatic carboxylic acids is 1. The fourth-order valence-electron chi connectivity index (χ4n) is 9.39. The number of carbonyl (C=O) groups excluding carboxylic acids is 6. The maximum atomic E-state index is 14.8. The topological polar surface area (TPSA) is 286 Å². The molecule has 25 heteroatoms. The van der Waals surface area contributed by atoms with Gasteiger partial charge in [0.25, 0.3) is 23.5 Å². The predicted molar refractivity (Wildman–Crippen MR) is 303 cm³/mol. The number of aromatic nitrogens is 7. The Balaban J connectivity index is 0.744. The number of nitrogens with one attached hydrogen (secondary N) is 4. The fourth-order valence-corrected chi connectivity index (χ4v) is 11.4. The first-order chi connectivity index (χ1) is 39.8. The number of carboxylic acids is 1. The van der Waals surface area contributed by atoms with E-state index in [-0.39, 0.29) is 54.1 Å². The van der Waals surface area contributed by atoms with Gasteiger partial charge in [-0.2, -0.15) is 0 Å². The highest BCUT2D eigenvalue weighted by molar-refractivity contribution is 7.22. The number of hydrogen-bond donors (Lipinski definition) is 5. The number of carbonyl (C=O) groups is 7. The van der Waals surface area contributed by atoms with Crippen LogP contribution in [0.2, 0.25) is 0 Å². The van der Waals surface area contributed by atoms with E-state index in [1.165, 1.54) is 53.0 Å². The molecule has 9 rings (SSSR count). The Kier molecular flexibility index (Phi) is 19.1. The van der Waals surface area contributed by atoms with Crippen molar-refractivity contribution in [1.29, 1.82) is 0 Å². The van der Waals surface area contributed by atoms with Gasteiger partial charge >= 0.3 is 5.97 Å². The lowest BCUT2D eigenvalue weighted by molar-refractivity contribution is -0.136. The second-order valence-electron chi connectivity index (χ2n) is 19.5. The molecule has 0 aliphatic carbocycles. The van der Waals surface area contributed by atoms with Crippen molar-refractivity contribution < 1.29 is 47.8 Å². The van der Waals surface area contributed by atoms with E-state index in [1.807, 2.05) is 53.0 Å². The van der Waals surface area contributed by atoms with Crippen molar-refractivity contribution in [2.45, 2.75) is 96.6 Å². The lowest BCUT2D eigenvalue weighted by atomic mass is 9.99. The smallest absolute Gasteiger partial charge is 0.355 e. The summed E-state index contributed by atoms with van der Waals surface area (Å²) in [7, 11) is 1.78. The number of halogens is 1. The number of anilines is 4. The number of nitrogens with zero attached hydrogens (tertiary/aromatic N) is 9. The summed E-state index contributed by atoms with van der Waals surface area (Å²) in [6.45, 7) is 3.79. The monoisotopic (exact) mass is 1150 g/mol. The van der Waals surface area contributed by atoms with Crippen molar-refractivity contribution in [3.63, 3.8) is 0 Å². The third-order valence-electron chi connectivity index (χ3n) is 13.5. The molecule has 3 aromatic carbocycles. The summed E-state index contributed by atoms with van der Waals surface area (Å²) in [5, 5.41) is 40.3. The minimum Gasteiger partial charge on any atom is -0.491 e. The van der Waals surface area contributed by atoms with Crippen molar-refractivity contribution in [2.24, 2.45) is 0 Å². The number of ketones is 1. The number of amides is 5. The predicted octanol–water partition coefficient (Wildman–Crippen LogP) is 7.12. The van der Waals surface area contributed by atoms with E-state index in [4.69, 9.17) is 4.74 Å². The van der Waals surface area contributed by atoms with Crippen LogP contribution in [0.4, 0.5) is 26.3 Å². The van der Waals surface area contributed by atoms with Gasteiger partial charge in [-0.1, -0.05) is 72.3 Å². The number of unbranched alkanes of at least 4 members (excludes halogenated alkanes) is 5. The van der Waals surface area contributed by atoms with E-state index >= 15 is 0 Å². The average Bonchev–Trinajstić information content (AvgIpc) is 4.46. The number of thiazole rings is 2. The minimum absolute atomic E-state index is 0.0376. The standard InChI is InChI=1S/C57H58FN13O9S2/c1-34-31-45(66-67-50(34)64-56-61-40-19-7-8-20-43(40)81-56)70(57-63-48(55(78)79)44(82-57)21-14-30-80-42-24-22-35(32-39(42)58)15-12-26-59-2)29-13-16-36-33-69(68-65-36)28-10-6-4-3-5-9-27-60-52(75)49(73)37-17-11-18-38-47(37)54(77)71(53(38)76)41-23-25-46(72)62-51(41)74/h7-8,11,17-20,22,24,31-33,41,59H,3-6,9-10,13-14,16,21,23,25-30H2,1-2H3,(H,60,75)(H,78,79)(H,61,64,67)(H,62,72,74). The number of fused-ring (bicyclic) bond motifs is 2. The lowest BCUT2D eigenvalue weighted by Crippen LogP contribution is -2.54. The largest absolute Gasteiger partial charge is 0.491 e. The molecule has 6 heterocycles. The number of benzene rings is 3. The zero-order chi connectivity index (χ0) is 57.7. The molecule has 424 valence electrons. The van der Waals surface area contributed by atoms with Crippen molar-refractivity contribution in [3.8, 4) is 17.6 Å². The second-order valence-corrected chi connectivity index (χ2v) is 21.6. The summed E-state index contributed by atoms with van der Waals surface area (Å²) >= 11 is 2.74. The van der Waals surface area contributed by atoms with Crippen molar-refractivity contribution >= 4 is 96.1 Å². The minimum atomic E-state index is -1.20. The van der Waals surface area contributed by atoms with Gasteiger partial charge in [0.1, 0.15) is 6.04 Å². The number of aryl methyl sites for hydroxylation is 4. The molecule has 5 N–H and O–H groups in total. The Hall–Kier alpha value is -8.86. The quantitative estimate of drug-likeness (QED) is 0.0113. The molecule has 1 saturated heterocycles. The molecule has 2 aliphatic rings. The molecule has 0 radical (unpaired) electrons. The molecule has 82 heavy (non-hydrogen) atoms. The molecule has 1 fully saturated rings. The van der Waals surface area contributed by atoms with Gasteiger partial charge in [0.05, 0.1) is 40.2 Å². The summed E-state index contributed by atoms with van der Waals surface area (Å²) in [5.74, 6) is 0.360. The molecule has 0 bridgehead atoms. The van der Waals surface area contributed by atoms with Gasteiger partial charge in [0.2, 0.25) is 11.8 Å². The number of carboxylic acid groups (broad SMARTS) is 1. The Bertz CT molecular complexity index is 3590. The second kappa shape index (κ2) is 27.1. The average molecular weight is 1150 g/mol. The van der Waals surface area contributed by atoms with Crippen LogP contribution in [-0.4, -0.2) is 126 Å². The Morgan fingerprint density at radius 2 is 1.72 bits per heavy atom. The highest BCUT2D eigenvalue weighted by atomic mass is 32.1. The molecule has 22 nitrogen and oxygen atoms in total. The van der Waals surface area contributed by atoms with E-state index in [2.05, 4.69) is 63.6 Å². The van der Waals surface area contributed by atoms with Gasteiger partial charge < -0.3 is 30.7 Å². The summed E-state index contributed by atoms with van der Waals surface area (Å²) in [6, 6.07) is 17.1. The molecule has 0 spiro atoms. The van der Waals surface area contributed by atoms with E-state index in [0.29, 0.717) is 84.1 Å². The zero-order valence-electron chi connectivity index (χ0n) is 45.0. The van der Waals surface area contributed by atoms with Gasteiger partial charge in [-0.15, -0.1) is 26.6 Å². The number of ether oxygens (including phenoxy) is 1. The maximum absolute atomic E-state index is 14.8. The molecule has 5 amide bonds. The summed E-state index contributed by atoms with van der Waals surface area (Å²) in [4.78, 5) is 102. The van der Waals surface area contributed by atoms with Crippen LogP contribution in [0.25, 0.3) is 10.2 Å². The van der Waals surface area contributed by atoms with Crippen LogP contribution in [0.3, 0.4) is 0 Å². The number of piperidine rings is 1. The summed E-state index contributed by atoms with van der Waals surface area (Å²) < 4.78 is 23.4. The van der Waals surface area contributed by atoms with E-state index < -0.39 is 53.1 Å². The molecule has 7 aromatic rings. The zero-order valence-corrected chi connectivity index (χ0v) is 46.6. The summed E-state index contributed by atoms with van der Waals surface area (Å²) in [6.07, 6.45) is 8.69.